The molecule has 4 rings (SSSR count). The van der Waals surface area contributed by atoms with E-state index in [4.69, 9.17) is 4.74 Å². The maximum Gasteiger partial charge on any atom is 0.302 e. The average molecular weight is 373 g/mol. The summed E-state index contributed by atoms with van der Waals surface area (Å²) in [7, 11) is 0. The number of hydrogen-bond donors (Lipinski definition) is 0. The van der Waals surface area contributed by atoms with Gasteiger partial charge in [-0.15, -0.1) is 0 Å². The number of carbonyl (C=O) groups excluding carboxylic acids is 2. The molecule has 4 aliphatic rings. The topological polar surface area (TPSA) is 43.4 Å². The summed E-state index contributed by atoms with van der Waals surface area (Å²) in [6.45, 7) is 9.12. The van der Waals surface area contributed by atoms with E-state index in [1.165, 1.54) is 39.0 Å². The molecule has 3 fully saturated rings. The maximum absolute atomic E-state index is 13.3. The second kappa shape index (κ2) is 6.74. The fraction of sp³-hybridized carbons (Fsp3) is 0.833. The molecule has 3 heteroatoms. The minimum atomic E-state index is -0.217. The van der Waals surface area contributed by atoms with Gasteiger partial charge in [0.2, 0.25) is 0 Å². The summed E-state index contributed by atoms with van der Waals surface area (Å²) in [5.74, 6) is 3.17. The first kappa shape index (κ1) is 19.2. The number of rotatable bonds is 3. The van der Waals surface area contributed by atoms with E-state index >= 15 is 0 Å². The normalized spacial score (nSPS) is 48.5. The Morgan fingerprint density at radius 2 is 2.00 bits per heavy atom. The molecule has 1 unspecified atom stereocenters. The second-order valence-electron chi connectivity index (χ2n) is 10.3. The van der Waals surface area contributed by atoms with Gasteiger partial charge < -0.3 is 4.74 Å². The van der Waals surface area contributed by atoms with Crippen LogP contribution >= 0.6 is 0 Å². The molecule has 150 valence electrons. The number of ether oxygens (including phenoxy) is 1. The molecule has 8 atom stereocenters. The Bertz CT molecular complexity index is 652. The van der Waals surface area contributed by atoms with Crippen LogP contribution in [0.5, 0.6) is 0 Å². The number of Topliss-reactive ketones (excluding diaryl/α,β-unsaturated/α-hetero) is 1. The molecule has 4 aliphatic carbocycles. The lowest BCUT2D eigenvalue weighted by Gasteiger charge is -2.61. The monoisotopic (exact) mass is 372 g/mol. The summed E-state index contributed by atoms with van der Waals surface area (Å²) in [6.07, 6.45) is 12.5. The van der Waals surface area contributed by atoms with Crippen LogP contribution in [0.2, 0.25) is 0 Å². The van der Waals surface area contributed by atoms with Crippen LogP contribution in [-0.2, 0) is 14.3 Å². The average Bonchev–Trinajstić information content (AvgIpc) is 2.96. The standard InChI is InChI=1S/C24H36O3/c1-5-16-9-10-19-18-13-22(26)21-8-6-7-17(14-27-15(2)25)24(21,4)20(18)11-12-23(16,19)3/h6-7,16-21H,5,8-14H2,1-4H3/t16-,17?,18-,19-,20-,21+,23+,24+/m0/s1. The maximum atomic E-state index is 13.3. The van der Waals surface area contributed by atoms with E-state index in [9.17, 15) is 9.59 Å². The molecule has 0 amide bonds. The molecule has 0 bridgehead atoms. The fourth-order valence-corrected chi connectivity index (χ4v) is 8.05. The first-order valence-electron chi connectivity index (χ1n) is 11.1. The lowest BCUT2D eigenvalue weighted by Crippen LogP contribution is -2.58. The molecule has 0 aromatic carbocycles. The van der Waals surface area contributed by atoms with Crippen molar-refractivity contribution in [3.63, 3.8) is 0 Å². The van der Waals surface area contributed by atoms with Gasteiger partial charge in [-0.2, -0.15) is 0 Å². The molecule has 0 radical (unpaired) electrons. The number of hydrogen-bond acceptors (Lipinski definition) is 3. The van der Waals surface area contributed by atoms with Crippen LogP contribution < -0.4 is 0 Å². The van der Waals surface area contributed by atoms with Crippen molar-refractivity contribution in [1.82, 2.24) is 0 Å². The van der Waals surface area contributed by atoms with Crippen molar-refractivity contribution < 1.29 is 14.3 Å². The van der Waals surface area contributed by atoms with Crippen LogP contribution in [0.25, 0.3) is 0 Å². The van der Waals surface area contributed by atoms with Crippen LogP contribution in [0.15, 0.2) is 12.2 Å². The summed E-state index contributed by atoms with van der Waals surface area (Å²) in [6, 6.07) is 0. The highest BCUT2D eigenvalue weighted by atomic mass is 16.5. The van der Waals surface area contributed by atoms with Crippen molar-refractivity contribution in [2.24, 2.45) is 46.3 Å². The summed E-state index contributed by atoms with van der Waals surface area (Å²) in [4.78, 5) is 24.7. The van der Waals surface area contributed by atoms with Gasteiger partial charge in [-0.1, -0.05) is 39.3 Å². The minimum absolute atomic E-state index is 0.0597. The first-order valence-corrected chi connectivity index (χ1v) is 11.1. The summed E-state index contributed by atoms with van der Waals surface area (Å²) < 4.78 is 5.45. The van der Waals surface area contributed by atoms with Gasteiger partial charge in [-0.25, -0.2) is 0 Å². The Morgan fingerprint density at radius 3 is 2.70 bits per heavy atom. The Labute approximate surface area is 164 Å². The van der Waals surface area contributed by atoms with Crippen LogP contribution in [0.4, 0.5) is 0 Å². The van der Waals surface area contributed by atoms with Crippen molar-refractivity contribution in [3.8, 4) is 0 Å². The van der Waals surface area contributed by atoms with E-state index in [0.29, 0.717) is 35.6 Å². The highest BCUT2D eigenvalue weighted by Gasteiger charge is 2.62. The molecule has 0 aromatic heterocycles. The SMILES string of the molecule is CC[C@H]1CC[C@H]2[C@@H]3CC(=O)[C@H]4CC=CC(COC(C)=O)[C@]4(C)[C@H]3CC[C@]12C. The number of ketones is 1. The van der Waals surface area contributed by atoms with Gasteiger partial charge in [0.05, 0.1) is 6.61 Å². The van der Waals surface area contributed by atoms with Gasteiger partial charge in [0.25, 0.3) is 0 Å². The van der Waals surface area contributed by atoms with Gasteiger partial charge in [0.15, 0.2) is 0 Å². The third-order valence-corrected chi connectivity index (χ3v) is 9.51. The van der Waals surface area contributed by atoms with E-state index in [-0.39, 0.29) is 23.2 Å². The second-order valence-corrected chi connectivity index (χ2v) is 10.3. The summed E-state index contributed by atoms with van der Waals surface area (Å²) in [5.41, 5.74) is 0.366. The fourth-order valence-electron chi connectivity index (χ4n) is 8.05. The van der Waals surface area contributed by atoms with Crippen molar-refractivity contribution >= 4 is 11.8 Å². The van der Waals surface area contributed by atoms with E-state index in [1.54, 1.807) is 0 Å². The van der Waals surface area contributed by atoms with Crippen molar-refractivity contribution in [2.75, 3.05) is 6.61 Å². The molecule has 3 nitrogen and oxygen atoms in total. The van der Waals surface area contributed by atoms with Crippen LogP contribution in [-0.4, -0.2) is 18.4 Å². The molecule has 27 heavy (non-hydrogen) atoms. The molecule has 0 saturated heterocycles. The number of esters is 1. The molecule has 0 N–H and O–H groups in total. The Hall–Kier alpha value is -1.12. The summed E-state index contributed by atoms with van der Waals surface area (Å²) in [5, 5.41) is 0. The predicted octanol–water partition coefficient (Wildman–Crippen LogP) is 5.19. The number of fused-ring (bicyclic) bond motifs is 5. The molecular formula is C24H36O3. The van der Waals surface area contributed by atoms with Crippen LogP contribution in [0.3, 0.4) is 0 Å². The predicted molar refractivity (Wildman–Crippen MR) is 106 cm³/mol. The van der Waals surface area contributed by atoms with Crippen molar-refractivity contribution in [1.29, 1.82) is 0 Å². The largest absolute Gasteiger partial charge is 0.465 e. The van der Waals surface area contributed by atoms with E-state index in [2.05, 4.69) is 32.9 Å². The minimum Gasteiger partial charge on any atom is -0.465 e. The van der Waals surface area contributed by atoms with E-state index in [1.807, 2.05) is 0 Å². The zero-order chi connectivity index (χ0) is 19.4. The van der Waals surface area contributed by atoms with Crippen LogP contribution in [0, 0.1) is 46.3 Å². The zero-order valence-corrected chi connectivity index (χ0v) is 17.5. The van der Waals surface area contributed by atoms with E-state index < -0.39 is 0 Å². The van der Waals surface area contributed by atoms with Gasteiger partial charge >= 0.3 is 5.97 Å². The summed E-state index contributed by atoms with van der Waals surface area (Å²) >= 11 is 0. The van der Waals surface area contributed by atoms with Gasteiger partial charge in [-0.05, 0) is 66.6 Å². The van der Waals surface area contributed by atoms with Crippen LogP contribution in [0.1, 0.15) is 72.6 Å². The van der Waals surface area contributed by atoms with Gasteiger partial charge in [-0.3, -0.25) is 9.59 Å². The highest BCUT2D eigenvalue weighted by molar-refractivity contribution is 5.83. The third kappa shape index (κ3) is 2.75. The van der Waals surface area contributed by atoms with Crippen molar-refractivity contribution in [3.05, 3.63) is 12.2 Å². The van der Waals surface area contributed by atoms with Gasteiger partial charge in [0.1, 0.15) is 5.78 Å². The molecule has 0 heterocycles. The number of allylic oxidation sites excluding steroid dienone is 1. The lowest BCUT2D eigenvalue weighted by molar-refractivity contribution is -0.161. The lowest BCUT2D eigenvalue weighted by atomic mass is 9.43. The molecule has 0 aromatic rings. The van der Waals surface area contributed by atoms with Gasteiger partial charge in [0, 0.05) is 25.2 Å². The molecule has 0 spiro atoms. The molecular weight excluding hydrogens is 336 g/mol. The van der Waals surface area contributed by atoms with E-state index in [0.717, 1.165) is 18.8 Å². The first-order chi connectivity index (χ1) is 12.8. The highest BCUT2D eigenvalue weighted by Crippen LogP contribution is 2.67. The molecule has 0 aliphatic heterocycles. The Kier molecular flexibility index (Phi) is 4.79. The number of carbonyl (C=O) groups is 2. The quantitative estimate of drug-likeness (QED) is 0.506. The zero-order valence-electron chi connectivity index (χ0n) is 17.5. The third-order valence-electron chi connectivity index (χ3n) is 9.51. The van der Waals surface area contributed by atoms with Crippen molar-refractivity contribution in [2.45, 2.75) is 72.6 Å². The molecule has 3 saturated carbocycles. The smallest absolute Gasteiger partial charge is 0.302 e. The Balaban J connectivity index is 1.67. The Morgan fingerprint density at radius 1 is 1.22 bits per heavy atom.